The van der Waals surface area contributed by atoms with Crippen molar-refractivity contribution in [3.63, 3.8) is 0 Å². The van der Waals surface area contributed by atoms with E-state index in [2.05, 4.69) is 11.8 Å². The zero-order valence-electron chi connectivity index (χ0n) is 15.6. The highest BCUT2D eigenvalue weighted by molar-refractivity contribution is 6.32. The third-order valence-electron chi connectivity index (χ3n) is 5.33. The van der Waals surface area contributed by atoms with Crippen molar-refractivity contribution in [2.75, 3.05) is 19.6 Å². The summed E-state index contributed by atoms with van der Waals surface area (Å²) < 4.78 is 5.82. The molecule has 0 amide bonds. The maximum absolute atomic E-state index is 10.9. The first-order valence-electron chi connectivity index (χ1n) is 9.42. The number of halogens is 1. The van der Waals surface area contributed by atoms with Crippen LogP contribution in [0.5, 0.6) is 11.5 Å². The minimum absolute atomic E-state index is 0.583. The molecule has 3 nitrogen and oxygen atoms in total. The van der Waals surface area contributed by atoms with E-state index in [-0.39, 0.29) is 0 Å². The zero-order chi connectivity index (χ0) is 18.6. The Labute approximate surface area is 161 Å². The van der Waals surface area contributed by atoms with Crippen LogP contribution in [0.15, 0.2) is 48.5 Å². The molecule has 0 radical (unpaired) electrons. The topological polar surface area (TPSA) is 32.7 Å². The summed E-state index contributed by atoms with van der Waals surface area (Å²) in [5, 5.41) is 11.5. The van der Waals surface area contributed by atoms with E-state index in [0.29, 0.717) is 16.5 Å². The van der Waals surface area contributed by atoms with Crippen molar-refractivity contribution in [3.05, 3.63) is 59.1 Å². The van der Waals surface area contributed by atoms with Crippen molar-refractivity contribution >= 4 is 11.6 Å². The molecule has 3 rings (SSSR count). The summed E-state index contributed by atoms with van der Waals surface area (Å²) >= 11 is 6.13. The molecule has 2 aromatic carbocycles. The van der Waals surface area contributed by atoms with E-state index in [0.717, 1.165) is 37.5 Å². The second kappa shape index (κ2) is 8.43. The fourth-order valence-corrected chi connectivity index (χ4v) is 3.52. The van der Waals surface area contributed by atoms with Crippen molar-refractivity contribution in [1.29, 1.82) is 0 Å². The highest BCUT2D eigenvalue weighted by Crippen LogP contribution is 2.31. The van der Waals surface area contributed by atoms with Crippen LogP contribution < -0.4 is 4.74 Å². The van der Waals surface area contributed by atoms with Gasteiger partial charge in [-0.25, -0.2) is 0 Å². The zero-order valence-corrected chi connectivity index (χ0v) is 16.4. The van der Waals surface area contributed by atoms with E-state index >= 15 is 0 Å². The van der Waals surface area contributed by atoms with Gasteiger partial charge in [0.25, 0.3) is 0 Å². The lowest BCUT2D eigenvalue weighted by Crippen LogP contribution is -2.36. The molecule has 2 aromatic rings. The summed E-state index contributed by atoms with van der Waals surface area (Å²) in [4.78, 5) is 2.46. The molecule has 1 aliphatic heterocycles. The highest BCUT2D eigenvalue weighted by atomic mass is 35.5. The second-order valence-electron chi connectivity index (χ2n) is 7.60. The SMILES string of the molecule is CC1CCN(CCC(C)(O)c2ccc(Oc3ccccc3Cl)cc2)CC1. The Hall–Kier alpha value is -1.55. The molecule has 1 atom stereocenters. The largest absolute Gasteiger partial charge is 0.456 e. The lowest BCUT2D eigenvalue weighted by atomic mass is 9.91. The minimum atomic E-state index is -0.841. The Morgan fingerprint density at radius 2 is 1.77 bits per heavy atom. The average Bonchev–Trinajstić information content (AvgIpc) is 2.64. The van der Waals surface area contributed by atoms with Crippen LogP contribution in [-0.2, 0) is 5.60 Å². The molecule has 26 heavy (non-hydrogen) atoms. The second-order valence-corrected chi connectivity index (χ2v) is 8.01. The van der Waals surface area contributed by atoms with E-state index in [9.17, 15) is 5.11 Å². The number of piperidine rings is 1. The maximum Gasteiger partial charge on any atom is 0.146 e. The lowest BCUT2D eigenvalue weighted by Gasteiger charge is -2.33. The molecule has 1 aliphatic rings. The van der Waals surface area contributed by atoms with Gasteiger partial charge in [-0.2, -0.15) is 0 Å². The number of hydrogen-bond donors (Lipinski definition) is 1. The molecular formula is C22H28ClNO2. The van der Waals surface area contributed by atoms with Gasteiger partial charge in [0.15, 0.2) is 0 Å². The fraction of sp³-hybridized carbons (Fsp3) is 0.455. The quantitative estimate of drug-likeness (QED) is 0.729. The van der Waals surface area contributed by atoms with E-state index in [1.807, 2.05) is 49.4 Å². The average molecular weight is 374 g/mol. The van der Waals surface area contributed by atoms with Gasteiger partial charge in [0, 0.05) is 6.54 Å². The smallest absolute Gasteiger partial charge is 0.146 e. The van der Waals surface area contributed by atoms with E-state index in [1.54, 1.807) is 6.07 Å². The Kier molecular flexibility index (Phi) is 6.23. The van der Waals surface area contributed by atoms with Crippen LogP contribution in [0.25, 0.3) is 0 Å². The van der Waals surface area contributed by atoms with Gasteiger partial charge in [-0.3, -0.25) is 0 Å². The van der Waals surface area contributed by atoms with Crippen LogP contribution in [0.2, 0.25) is 5.02 Å². The first-order chi connectivity index (χ1) is 12.4. The number of likely N-dealkylation sites (tertiary alicyclic amines) is 1. The van der Waals surface area contributed by atoms with E-state index in [1.165, 1.54) is 12.8 Å². The van der Waals surface area contributed by atoms with Gasteiger partial charge in [-0.1, -0.05) is 42.8 Å². The molecule has 1 heterocycles. The van der Waals surface area contributed by atoms with Crippen LogP contribution in [0.4, 0.5) is 0 Å². The third-order valence-corrected chi connectivity index (χ3v) is 5.64. The standard InChI is InChI=1S/C22H28ClNO2/c1-17-11-14-24(15-12-17)16-13-22(2,25)18-7-9-19(10-8-18)26-21-6-4-3-5-20(21)23/h3-10,17,25H,11-16H2,1-2H3. The number of benzene rings is 2. The maximum atomic E-state index is 10.9. The molecular weight excluding hydrogens is 346 g/mol. The number of nitrogens with zero attached hydrogens (tertiary/aromatic N) is 1. The summed E-state index contributed by atoms with van der Waals surface area (Å²) in [6, 6.07) is 15.0. The van der Waals surface area contributed by atoms with Crippen molar-refractivity contribution in [2.45, 2.75) is 38.7 Å². The summed E-state index contributed by atoms with van der Waals surface area (Å²) in [6.07, 6.45) is 3.25. The van der Waals surface area contributed by atoms with Crippen molar-refractivity contribution in [1.82, 2.24) is 4.90 Å². The number of para-hydroxylation sites is 1. The van der Waals surface area contributed by atoms with Crippen molar-refractivity contribution in [2.24, 2.45) is 5.92 Å². The highest BCUT2D eigenvalue weighted by Gasteiger charge is 2.25. The fourth-order valence-electron chi connectivity index (χ4n) is 3.34. The first kappa shape index (κ1) is 19.2. The molecule has 140 valence electrons. The van der Waals surface area contributed by atoms with E-state index < -0.39 is 5.60 Å². The molecule has 0 spiro atoms. The summed E-state index contributed by atoms with van der Waals surface area (Å²) in [5.41, 5.74) is 0.0702. The van der Waals surface area contributed by atoms with Gasteiger partial charge in [0.1, 0.15) is 11.5 Å². The van der Waals surface area contributed by atoms with Gasteiger partial charge in [-0.15, -0.1) is 0 Å². The molecule has 0 bridgehead atoms. The Balaban J connectivity index is 1.58. The van der Waals surface area contributed by atoms with Gasteiger partial charge < -0.3 is 14.7 Å². The van der Waals surface area contributed by atoms with Gasteiger partial charge >= 0.3 is 0 Å². The van der Waals surface area contributed by atoms with Crippen LogP contribution >= 0.6 is 11.6 Å². The first-order valence-corrected chi connectivity index (χ1v) is 9.79. The van der Waals surface area contributed by atoms with Crippen molar-refractivity contribution < 1.29 is 9.84 Å². The Bertz CT molecular complexity index is 706. The number of aliphatic hydroxyl groups is 1. The monoisotopic (exact) mass is 373 g/mol. The molecule has 1 unspecified atom stereocenters. The van der Waals surface area contributed by atoms with Gasteiger partial charge in [-0.05, 0) is 75.0 Å². The van der Waals surface area contributed by atoms with Crippen LogP contribution in [-0.4, -0.2) is 29.6 Å². The number of hydrogen-bond acceptors (Lipinski definition) is 3. The molecule has 1 saturated heterocycles. The van der Waals surface area contributed by atoms with Crippen LogP contribution in [0.1, 0.15) is 38.7 Å². The number of rotatable bonds is 6. The molecule has 1 fully saturated rings. The minimum Gasteiger partial charge on any atom is -0.456 e. The van der Waals surface area contributed by atoms with Gasteiger partial charge in [0.2, 0.25) is 0 Å². The lowest BCUT2D eigenvalue weighted by molar-refractivity contribution is 0.0319. The van der Waals surface area contributed by atoms with Crippen molar-refractivity contribution in [3.8, 4) is 11.5 Å². The van der Waals surface area contributed by atoms with E-state index in [4.69, 9.17) is 16.3 Å². The van der Waals surface area contributed by atoms with Crippen LogP contribution in [0.3, 0.4) is 0 Å². The molecule has 4 heteroatoms. The molecule has 1 N–H and O–H groups in total. The molecule has 0 saturated carbocycles. The Morgan fingerprint density at radius 3 is 2.42 bits per heavy atom. The summed E-state index contributed by atoms with van der Waals surface area (Å²) in [7, 11) is 0. The summed E-state index contributed by atoms with van der Waals surface area (Å²) in [5.74, 6) is 2.17. The molecule has 0 aromatic heterocycles. The summed E-state index contributed by atoms with van der Waals surface area (Å²) in [6.45, 7) is 7.42. The number of ether oxygens (including phenoxy) is 1. The predicted octanol–water partition coefficient (Wildman–Crippen LogP) is 5.46. The Morgan fingerprint density at radius 1 is 1.12 bits per heavy atom. The molecule has 0 aliphatic carbocycles. The van der Waals surface area contributed by atoms with Gasteiger partial charge in [0.05, 0.1) is 10.6 Å². The third kappa shape index (κ3) is 5.00. The normalized spacial score (nSPS) is 18.5. The van der Waals surface area contributed by atoms with Crippen LogP contribution in [0, 0.1) is 5.92 Å². The predicted molar refractivity (Wildman–Crippen MR) is 107 cm³/mol.